The zero-order chi connectivity index (χ0) is 37.9. The minimum absolute atomic E-state index is 0.00306. The second kappa shape index (κ2) is 15.3. The van der Waals surface area contributed by atoms with Gasteiger partial charge in [-0.3, -0.25) is 24.1 Å². The van der Waals surface area contributed by atoms with Crippen LogP contribution in [0.5, 0.6) is 0 Å². The molecule has 0 bridgehead atoms. The summed E-state index contributed by atoms with van der Waals surface area (Å²) in [5.74, 6) is -3.35. The number of rotatable bonds is 12. The van der Waals surface area contributed by atoms with Gasteiger partial charge in [0, 0.05) is 68.5 Å². The Morgan fingerprint density at radius 2 is 1.72 bits per heavy atom. The summed E-state index contributed by atoms with van der Waals surface area (Å²) in [6, 6.07) is 17.9. The van der Waals surface area contributed by atoms with Crippen molar-refractivity contribution in [3.8, 4) is 5.69 Å². The maximum absolute atomic E-state index is 14.2. The number of amides is 4. The van der Waals surface area contributed by atoms with Crippen molar-refractivity contribution in [3.63, 3.8) is 0 Å². The largest absolute Gasteiger partial charge is 0.477 e. The summed E-state index contributed by atoms with van der Waals surface area (Å²) in [4.78, 5) is 75.8. The highest BCUT2D eigenvalue weighted by molar-refractivity contribution is 6.41. The number of carbonyl (C=O) groups excluding carboxylic acids is 4. The normalized spacial score (nSPS) is 16.0. The van der Waals surface area contributed by atoms with Crippen molar-refractivity contribution in [3.05, 3.63) is 89.9 Å². The number of aryl methyl sites for hydroxylation is 1. The number of anilines is 3. The van der Waals surface area contributed by atoms with Crippen LogP contribution in [0.15, 0.2) is 73.1 Å². The summed E-state index contributed by atoms with van der Waals surface area (Å²) < 4.78 is 6.56. The SMILES string of the molecule is COCCN1CCN(c2ccc(C[C@@H](C(=O)Nc3ccc4[nH]c(C(=O)O)cc4c3)N3CCN(c4cc(C)ccc4-n4cnnn4)C(=O)C3=O)cc2)C(=O)C1. The molecule has 2 aliphatic rings. The smallest absolute Gasteiger partial charge is 0.352 e. The summed E-state index contributed by atoms with van der Waals surface area (Å²) in [5, 5.41) is 24.2. The lowest BCUT2D eigenvalue weighted by Crippen LogP contribution is -2.60. The number of hydrogen-bond donors (Lipinski definition) is 3. The number of ether oxygens (including phenoxy) is 1. The van der Waals surface area contributed by atoms with Crippen LogP contribution in [0.3, 0.4) is 0 Å². The molecule has 17 heteroatoms. The number of carbonyl (C=O) groups is 5. The van der Waals surface area contributed by atoms with Crippen molar-refractivity contribution in [1.29, 1.82) is 0 Å². The van der Waals surface area contributed by atoms with Gasteiger partial charge in [0.15, 0.2) is 0 Å². The molecule has 2 aromatic heterocycles. The molecule has 2 aliphatic heterocycles. The van der Waals surface area contributed by atoms with E-state index in [0.717, 1.165) is 5.56 Å². The van der Waals surface area contributed by atoms with E-state index in [0.29, 0.717) is 65.5 Å². The molecule has 2 saturated heterocycles. The molecule has 2 fully saturated rings. The van der Waals surface area contributed by atoms with Crippen LogP contribution >= 0.6 is 0 Å². The van der Waals surface area contributed by atoms with Crippen LogP contribution in [0.1, 0.15) is 21.6 Å². The third-order valence-corrected chi connectivity index (χ3v) is 9.66. The zero-order valence-electron chi connectivity index (χ0n) is 29.6. The van der Waals surface area contributed by atoms with Crippen molar-refractivity contribution in [2.24, 2.45) is 0 Å². The molecule has 0 unspecified atom stereocenters. The van der Waals surface area contributed by atoms with E-state index in [1.807, 2.05) is 42.2 Å². The number of benzene rings is 3. The number of nitrogens with zero attached hydrogens (tertiary/aromatic N) is 8. The van der Waals surface area contributed by atoms with E-state index in [2.05, 4.69) is 25.8 Å². The molecule has 4 amide bonds. The number of carboxylic acids is 1. The Morgan fingerprint density at radius 1 is 0.926 bits per heavy atom. The van der Waals surface area contributed by atoms with Gasteiger partial charge in [-0.05, 0) is 77.0 Å². The van der Waals surface area contributed by atoms with Crippen molar-refractivity contribution >= 4 is 57.6 Å². The van der Waals surface area contributed by atoms with E-state index >= 15 is 0 Å². The fraction of sp³-hybridized carbons (Fsp3) is 0.297. The molecule has 4 heterocycles. The number of hydrogen-bond acceptors (Lipinski definition) is 10. The van der Waals surface area contributed by atoms with Gasteiger partial charge in [-0.2, -0.15) is 4.68 Å². The van der Waals surface area contributed by atoms with E-state index in [-0.39, 0.29) is 37.7 Å². The molecule has 3 N–H and O–H groups in total. The average molecular weight is 735 g/mol. The van der Waals surface area contributed by atoms with Crippen molar-refractivity contribution in [1.82, 2.24) is 35.0 Å². The second-order valence-electron chi connectivity index (χ2n) is 13.2. The number of carboxylic acid groups (broad SMARTS) is 1. The Bertz CT molecular complexity index is 2220. The minimum Gasteiger partial charge on any atom is -0.477 e. The maximum Gasteiger partial charge on any atom is 0.352 e. The predicted octanol–water partition coefficient (Wildman–Crippen LogP) is 1.87. The number of H-pyrrole nitrogens is 1. The molecule has 54 heavy (non-hydrogen) atoms. The molecule has 5 aromatic rings. The molecule has 0 radical (unpaired) electrons. The molecule has 0 saturated carbocycles. The first-order valence-electron chi connectivity index (χ1n) is 17.3. The fourth-order valence-corrected chi connectivity index (χ4v) is 6.83. The van der Waals surface area contributed by atoms with Gasteiger partial charge in [0.2, 0.25) is 11.8 Å². The Labute approximate surface area is 309 Å². The van der Waals surface area contributed by atoms with Crippen molar-refractivity contribution < 1.29 is 33.8 Å². The number of methoxy groups -OCH3 is 1. The second-order valence-corrected chi connectivity index (χ2v) is 13.2. The van der Waals surface area contributed by atoms with Crippen LogP contribution in [0.4, 0.5) is 17.1 Å². The number of fused-ring (bicyclic) bond motifs is 1. The van der Waals surface area contributed by atoms with E-state index in [9.17, 15) is 29.1 Å². The molecule has 1 atom stereocenters. The Balaban J connectivity index is 1.14. The van der Waals surface area contributed by atoms with Gasteiger partial charge in [0.05, 0.1) is 24.5 Å². The number of tetrazole rings is 1. The van der Waals surface area contributed by atoms with Crippen LogP contribution in [-0.4, -0.2) is 129 Å². The van der Waals surface area contributed by atoms with Crippen LogP contribution in [0, 0.1) is 6.92 Å². The summed E-state index contributed by atoms with van der Waals surface area (Å²) >= 11 is 0. The molecule has 17 nitrogen and oxygen atoms in total. The van der Waals surface area contributed by atoms with Crippen LogP contribution in [0.2, 0.25) is 0 Å². The number of aromatic carboxylic acids is 1. The van der Waals surface area contributed by atoms with E-state index in [1.165, 1.54) is 26.9 Å². The number of piperazine rings is 2. The third-order valence-electron chi connectivity index (χ3n) is 9.66. The van der Waals surface area contributed by atoms with Gasteiger partial charge >= 0.3 is 17.8 Å². The number of nitrogens with one attached hydrogen (secondary N) is 2. The lowest BCUT2D eigenvalue weighted by molar-refractivity contribution is -0.149. The average Bonchev–Trinajstić information content (AvgIpc) is 3.86. The van der Waals surface area contributed by atoms with Gasteiger partial charge in [-0.25, -0.2) is 4.79 Å². The Hall–Kier alpha value is -6.46. The Morgan fingerprint density at radius 3 is 2.44 bits per heavy atom. The molecule has 3 aromatic carbocycles. The highest BCUT2D eigenvalue weighted by Gasteiger charge is 2.41. The van der Waals surface area contributed by atoms with Gasteiger partial charge in [0.25, 0.3) is 0 Å². The lowest BCUT2D eigenvalue weighted by atomic mass is 10.0. The first-order valence-corrected chi connectivity index (χ1v) is 17.3. The highest BCUT2D eigenvalue weighted by Crippen LogP contribution is 2.29. The van der Waals surface area contributed by atoms with E-state index in [1.54, 1.807) is 42.3 Å². The predicted molar refractivity (Wildman–Crippen MR) is 196 cm³/mol. The summed E-state index contributed by atoms with van der Waals surface area (Å²) in [5.41, 5.74) is 4.20. The fourth-order valence-electron chi connectivity index (χ4n) is 6.83. The quantitative estimate of drug-likeness (QED) is 0.158. The first kappa shape index (κ1) is 35.9. The molecule has 278 valence electrons. The van der Waals surface area contributed by atoms with Gasteiger partial charge < -0.3 is 34.8 Å². The highest BCUT2D eigenvalue weighted by atomic mass is 16.5. The number of aromatic amines is 1. The van der Waals surface area contributed by atoms with E-state index < -0.39 is 29.7 Å². The monoisotopic (exact) mass is 734 g/mol. The lowest BCUT2D eigenvalue weighted by Gasteiger charge is -2.38. The maximum atomic E-state index is 14.2. The van der Waals surface area contributed by atoms with Crippen molar-refractivity contribution in [2.75, 3.05) is 68.1 Å². The Kier molecular flexibility index (Phi) is 10.1. The molecule has 0 aliphatic carbocycles. The molecule has 7 rings (SSSR count). The molecular weight excluding hydrogens is 696 g/mol. The summed E-state index contributed by atoms with van der Waals surface area (Å²) in [6.45, 7) is 4.72. The standard InChI is InChI=1S/C37H38N10O7/c1-23-3-10-30(47-22-38-41-42-47)31(17-23)45-13-14-46(36(51)35(45)50)32(34(49)39-26-6-9-28-25(19-26)20-29(40-28)37(52)53)18-24-4-7-27(8-5-24)44-12-11-43(15-16-54-2)21-33(44)48/h3-10,17,19-20,22,32,40H,11-16,18,21H2,1-2H3,(H,39,49)(H,52,53)/t32-/m0/s1. The third kappa shape index (κ3) is 7.39. The van der Waals surface area contributed by atoms with Gasteiger partial charge in [-0.15, -0.1) is 5.10 Å². The van der Waals surface area contributed by atoms with Crippen LogP contribution in [-0.2, 0) is 30.3 Å². The van der Waals surface area contributed by atoms with E-state index in [4.69, 9.17) is 4.74 Å². The topological polar surface area (TPSA) is 199 Å². The zero-order valence-corrected chi connectivity index (χ0v) is 29.6. The number of aromatic nitrogens is 5. The minimum atomic E-state index is -1.12. The van der Waals surface area contributed by atoms with Crippen molar-refractivity contribution in [2.45, 2.75) is 19.4 Å². The van der Waals surface area contributed by atoms with Gasteiger partial charge in [0.1, 0.15) is 18.1 Å². The van der Waals surface area contributed by atoms with Gasteiger partial charge in [-0.1, -0.05) is 18.2 Å². The van der Waals surface area contributed by atoms with Crippen LogP contribution in [0.25, 0.3) is 16.6 Å². The first-order chi connectivity index (χ1) is 26.1. The summed E-state index contributed by atoms with van der Waals surface area (Å²) in [7, 11) is 1.63. The summed E-state index contributed by atoms with van der Waals surface area (Å²) in [6.07, 6.45) is 1.47. The molecular formula is C37H38N10O7. The molecule has 0 spiro atoms. The van der Waals surface area contributed by atoms with Crippen LogP contribution < -0.4 is 15.1 Å².